The molecule has 0 heterocycles. The van der Waals surface area contributed by atoms with Crippen molar-refractivity contribution in [2.45, 2.75) is 58.5 Å². The van der Waals surface area contributed by atoms with Gasteiger partial charge in [-0.1, -0.05) is 13.3 Å². The van der Waals surface area contributed by atoms with Crippen LogP contribution in [0.1, 0.15) is 52.4 Å². The van der Waals surface area contributed by atoms with E-state index in [9.17, 15) is 4.79 Å². The molecule has 128 valence electrons. The molecule has 0 aliphatic heterocycles. The van der Waals surface area contributed by atoms with Crippen LogP contribution in [0.3, 0.4) is 0 Å². The summed E-state index contributed by atoms with van der Waals surface area (Å²) >= 11 is 0. The fraction of sp³-hybridized carbons (Fsp3) is 0.933. The lowest BCUT2D eigenvalue weighted by atomic mass is 10.3. The maximum Gasteiger partial charge on any atom is 0.332 e. The number of aliphatic hydroxyl groups excluding tert-OH is 2. The molecule has 0 aromatic rings. The van der Waals surface area contributed by atoms with Gasteiger partial charge in [-0.2, -0.15) is 0 Å². The molecule has 21 heavy (non-hydrogen) atoms. The maximum absolute atomic E-state index is 10.2. The van der Waals surface area contributed by atoms with E-state index in [-0.39, 0.29) is 13.2 Å². The maximum atomic E-state index is 10.2. The van der Waals surface area contributed by atoms with E-state index in [0.717, 1.165) is 51.7 Å². The number of aliphatic carboxylic acids is 1. The number of aliphatic hydroxyl groups is 2. The Balaban J connectivity index is 0. The lowest BCUT2D eigenvalue weighted by Gasteiger charge is -2.06. The molecule has 0 aliphatic rings. The van der Waals surface area contributed by atoms with Gasteiger partial charge in [0.15, 0.2) is 6.10 Å². The van der Waals surface area contributed by atoms with E-state index in [1.54, 1.807) is 0 Å². The highest BCUT2D eigenvalue weighted by Gasteiger charge is 2.09. The van der Waals surface area contributed by atoms with Crippen LogP contribution < -0.4 is 0 Å². The predicted molar refractivity (Wildman–Crippen MR) is 81.4 cm³/mol. The molecule has 1 atom stereocenters. The van der Waals surface area contributed by atoms with E-state index in [4.69, 9.17) is 24.8 Å². The smallest absolute Gasteiger partial charge is 0.332 e. The molecule has 0 rings (SSSR count). The molecular weight excluding hydrogens is 276 g/mol. The summed E-state index contributed by atoms with van der Waals surface area (Å²) in [5.74, 6) is -0.892. The fourth-order valence-corrected chi connectivity index (χ4v) is 1.21. The quantitative estimate of drug-likeness (QED) is 0.449. The van der Waals surface area contributed by atoms with Crippen molar-refractivity contribution in [1.29, 1.82) is 0 Å². The number of unbranched alkanes of at least 4 members (excludes halogenated alkanes) is 3. The molecule has 0 bridgehead atoms. The first-order valence-corrected chi connectivity index (χ1v) is 7.74. The van der Waals surface area contributed by atoms with E-state index in [1.807, 2.05) is 6.92 Å². The van der Waals surface area contributed by atoms with Crippen molar-refractivity contribution in [3.05, 3.63) is 0 Å². The van der Waals surface area contributed by atoms with Crippen LogP contribution in [-0.4, -0.2) is 60.4 Å². The molecule has 0 aromatic heterocycles. The monoisotopic (exact) mass is 308 g/mol. The Labute approximate surface area is 128 Å². The molecule has 0 spiro atoms. The molecule has 1 unspecified atom stereocenters. The fourth-order valence-electron chi connectivity index (χ4n) is 1.21. The summed E-state index contributed by atoms with van der Waals surface area (Å²) in [5.41, 5.74) is 0. The summed E-state index contributed by atoms with van der Waals surface area (Å²) in [5, 5.41) is 25.2. The van der Waals surface area contributed by atoms with Gasteiger partial charge >= 0.3 is 5.97 Å². The Bertz CT molecular complexity index is 202. The Hall–Kier alpha value is -0.690. The average Bonchev–Trinajstić information content (AvgIpc) is 2.47. The summed E-state index contributed by atoms with van der Waals surface area (Å²) in [4.78, 5) is 10.2. The van der Waals surface area contributed by atoms with Crippen LogP contribution in [0.25, 0.3) is 0 Å². The third kappa shape index (κ3) is 21.8. The molecule has 0 aromatic carbocycles. The zero-order valence-electron chi connectivity index (χ0n) is 13.4. The predicted octanol–water partition coefficient (Wildman–Crippen LogP) is 1.82. The highest BCUT2D eigenvalue weighted by molar-refractivity contribution is 5.71. The molecule has 0 saturated heterocycles. The third-order valence-corrected chi connectivity index (χ3v) is 2.61. The SMILES string of the molecule is CCCCOC(C)C(=O)O.OCCCCOCCCCO. The second-order valence-electron chi connectivity index (χ2n) is 4.68. The number of carboxylic acids is 1. The Kier molecular flexibility index (Phi) is 20.8. The van der Waals surface area contributed by atoms with Crippen molar-refractivity contribution < 1.29 is 29.6 Å². The molecule has 0 amide bonds. The zero-order chi connectivity index (χ0) is 16.3. The Morgan fingerprint density at radius 3 is 1.86 bits per heavy atom. The van der Waals surface area contributed by atoms with Gasteiger partial charge in [0.05, 0.1) is 0 Å². The van der Waals surface area contributed by atoms with Gasteiger partial charge in [-0.15, -0.1) is 0 Å². The number of rotatable bonds is 13. The minimum Gasteiger partial charge on any atom is -0.479 e. The van der Waals surface area contributed by atoms with Crippen LogP contribution in [0, 0.1) is 0 Å². The molecule has 6 heteroatoms. The zero-order valence-corrected chi connectivity index (χ0v) is 13.4. The van der Waals surface area contributed by atoms with Crippen LogP contribution >= 0.6 is 0 Å². The van der Waals surface area contributed by atoms with Crippen LogP contribution in [-0.2, 0) is 14.3 Å². The minimum absolute atomic E-state index is 0.250. The summed E-state index contributed by atoms with van der Waals surface area (Å²) in [6, 6.07) is 0. The van der Waals surface area contributed by atoms with Crippen LogP contribution in [0.15, 0.2) is 0 Å². The second-order valence-corrected chi connectivity index (χ2v) is 4.68. The summed E-state index contributed by atoms with van der Waals surface area (Å²) in [6.45, 7) is 6.08. The van der Waals surface area contributed by atoms with Crippen molar-refractivity contribution in [3.8, 4) is 0 Å². The highest BCUT2D eigenvalue weighted by Crippen LogP contribution is 1.94. The first-order chi connectivity index (χ1) is 10.1. The molecular formula is C15H32O6. The number of ether oxygens (including phenoxy) is 2. The Morgan fingerprint density at radius 2 is 1.48 bits per heavy atom. The lowest BCUT2D eigenvalue weighted by Crippen LogP contribution is -2.20. The lowest BCUT2D eigenvalue weighted by molar-refractivity contribution is -0.149. The van der Waals surface area contributed by atoms with Crippen LogP contribution in [0.4, 0.5) is 0 Å². The van der Waals surface area contributed by atoms with Gasteiger partial charge in [0.25, 0.3) is 0 Å². The van der Waals surface area contributed by atoms with E-state index in [0.29, 0.717) is 6.61 Å². The molecule has 3 N–H and O–H groups in total. The molecule has 0 radical (unpaired) electrons. The van der Waals surface area contributed by atoms with Gasteiger partial charge in [-0.25, -0.2) is 4.79 Å². The molecule has 6 nitrogen and oxygen atoms in total. The standard InChI is InChI=1S/C8H18O3.C7H14O3/c9-5-1-3-7-11-8-4-2-6-10;1-3-4-5-10-6(2)7(8)9/h9-10H,1-8H2;6H,3-5H2,1-2H3,(H,8,9). The number of carbonyl (C=O) groups is 1. The van der Waals surface area contributed by atoms with Crippen LogP contribution in [0.2, 0.25) is 0 Å². The van der Waals surface area contributed by atoms with Crippen LogP contribution in [0.5, 0.6) is 0 Å². The van der Waals surface area contributed by atoms with Crippen molar-refractivity contribution in [3.63, 3.8) is 0 Å². The molecule has 0 aliphatic carbocycles. The van der Waals surface area contributed by atoms with Gasteiger partial charge in [0.1, 0.15) is 0 Å². The summed E-state index contributed by atoms with van der Waals surface area (Å²) < 4.78 is 10.2. The van der Waals surface area contributed by atoms with Crippen molar-refractivity contribution >= 4 is 5.97 Å². The number of hydrogen-bond acceptors (Lipinski definition) is 5. The number of carboxylic acid groups (broad SMARTS) is 1. The highest BCUT2D eigenvalue weighted by atomic mass is 16.5. The first-order valence-electron chi connectivity index (χ1n) is 7.74. The molecule has 0 fully saturated rings. The van der Waals surface area contributed by atoms with E-state index < -0.39 is 12.1 Å². The van der Waals surface area contributed by atoms with E-state index in [2.05, 4.69) is 0 Å². The molecule has 0 saturated carbocycles. The van der Waals surface area contributed by atoms with Gasteiger partial charge in [-0.3, -0.25) is 0 Å². The topological polar surface area (TPSA) is 96.2 Å². The second kappa shape index (κ2) is 19.3. The number of hydrogen-bond donors (Lipinski definition) is 3. The third-order valence-electron chi connectivity index (χ3n) is 2.61. The largest absolute Gasteiger partial charge is 0.479 e. The van der Waals surface area contributed by atoms with E-state index >= 15 is 0 Å². The van der Waals surface area contributed by atoms with Crippen molar-refractivity contribution in [2.75, 3.05) is 33.0 Å². The first kappa shape index (κ1) is 22.6. The van der Waals surface area contributed by atoms with Crippen molar-refractivity contribution in [2.24, 2.45) is 0 Å². The van der Waals surface area contributed by atoms with Gasteiger partial charge < -0.3 is 24.8 Å². The minimum atomic E-state index is -0.892. The van der Waals surface area contributed by atoms with E-state index in [1.165, 1.54) is 6.92 Å². The summed E-state index contributed by atoms with van der Waals surface area (Å²) in [6.07, 6.45) is 4.79. The van der Waals surface area contributed by atoms with Gasteiger partial charge in [-0.05, 0) is 39.0 Å². The normalized spacial score (nSPS) is 11.6. The average molecular weight is 308 g/mol. The van der Waals surface area contributed by atoms with Gasteiger partial charge in [0, 0.05) is 33.0 Å². The Morgan fingerprint density at radius 1 is 0.952 bits per heavy atom. The van der Waals surface area contributed by atoms with Crippen molar-refractivity contribution in [1.82, 2.24) is 0 Å². The van der Waals surface area contributed by atoms with Gasteiger partial charge in [0.2, 0.25) is 0 Å². The summed E-state index contributed by atoms with van der Waals surface area (Å²) in [7, 11) is 0.